The minimum atomic E-state index is -0.459. The number of hydrogen-bond acceptors (Lipinski definition) is 4. The Morgan fingerprint density at radius 2 is 2.00 bits per heavy atom. The van der Waals surface area contributed by atoms with Crippen molar-refractivity contribution in [1.82, 2.24) is 5.16 Å². The van der Waals surface area contributed by atoms with Gasteiger partial charge in [0, 0.05) is 22.8 Å². The number of carbonyl (C=O) groups excluding carboxylic acids is 1. The molecule has 3 aromatic rings. The Bertz CT molecular complexity index is 595. The maximum Gasteiger partial charge on any atom is 0.331 e. The summed E-state index contributed by atoms with van der Waals surface area (Å²) in [4.78, 5) is 11.3. The van der Waals surface area contributed by atoms with Crippen LogP contribution in [0.5, 0.6) is 0 Å². The zero-order chi connectivity index (χ0) is 14.2. The summed E-state index contributed by atoms with van der Waals surface area (Å²) in [5.41, 5.74) is 1.10. The first kappa shape index (κ1) is 17.0. The van der Waals surface area contributed by atoms with Crippen LogP contribution >= 0.6 is 0 Å². The van der Waals surface area contributed by atoms with Crippen molar-refractivity contribution in [3.05, 3.63) is 66.4 Å². The molecule has 0 spiro atoms. The summed E-state index contributed by atoms with van der Waals surface area (Å²) >= 11 is 0. The fourth-order valence-electron chi connectivity index (χ4n) is 1.57. The standard InChI is InChI=1S/C11H10NO3.C5H5.Fe/c1-2-14-11(13)9-7-10(15-12-9)8-5-3-4-6-8;1-2-4-5-3-1;/h3-7H,2H2,1H3;1-5H;/q-5;-1;. The van der Waals surface area contributed by atoms with Crippen LogP contribution in [0, 0.1) is 0 Å². The van der Waals surface area contributed by atoms with Gasteiger partial charge in [-0.25, -0.2) is 16.9 Å². The van der Waals surface area contributed by atoms with Gasteiger partial charge in [0.15, 0.2) is 0 Å². The quantitative estimate of drug-likeness (QED) is 0.419. The molecule has 0 atom stereocenters. The van der Waals surface area contributed by atoms with E-state index in [0.29, 0.717) is 12.4 Å². The molecule has 0 saturated heterocycles. The molecule has 0 aliphatic carbocycles. The smallest absolute Gasteiger partial charge is 0.331 e. The van der Waals surface area contributed by atoms with Crippen LogP contribution < -0.4 is 0 Å². The van der Waals surface area contributed by atoms with Crippen LogP contribution in [-0.4, -0.2) is 17.7 Å². The number of ether oxygens (including phenoxy) is 1. The van der Waals surface area contributed by atoms with Crippen LogP contribution in [0.1, 0.15) is 17.4 Å². The van der Waals surface area contributed by atoms with Gasteiger partial charge in [-0.05, 0) is 6.92 Å². The van der Waals surface area contributed by atoms with Crippen molar-refractivity contribution >= 4 is 5.97 Å². The van der Waals surface area contributed by atoms with Crippen molar-refractivity contribution in [1.29, 1.82) is 0 Å². The molecular weight excluding hydrogens is 310 g/mol. The van der Waals surface area contributed by atoms with Gasteiger partial charge < -0.3 is 50.9 Å². The maximum absolute atomic E-state index is 11.3. The average Bonchev–Trinajstić information content (AvgIpc) is 3.21. The first-order valence-corrected chi connectivity index (χ1v) is 6.34. The van der Waals surface area contributed by atoms with E-state index in [1.807, 2.05) is 54.6 Å². The van der Waals surface area contributed by atoms with Gasteiger partial charge in [0.2, 0.25) is 0 Å². The molecule has 3 rings (SSSR count). The summed E-state index contributed by atoms with van der Waals surface area (Å²) in [5.74, 6) is 0.113. The summed E-state index contributed by atoms with van der Waals surface area (Å²) < 4.78 is 9.82. The number of esters is 1. The van der Waals surface area contributed by atoms with Gasteiger partial charge in [-0.2, -0.15) is 18.2 Å². The van der Waals surface area contributed by atoms with Crippen molar-refractivity contribution in [2.24, 2.45) is 0 Å². The summed E-state index contributed by atoms with van der Waals surface area (Å²) in [6, 6.07) is 19.1. The van der Waals surface area contributed by atoms with Gasteiger partial charge in [-0.3, -0.25) is 0 Å². The number of rotatable bonds is 3. The first-order chi connectivity index (χ1) is 9.81. The van der Waals surface area contributed by atoms with E-state index in [1.165, 1.54) is 0 Å². The van der Waals surface area contributed by atoms with Gasteiger partial charge in [-0.1, -0.05) is 0 Å². The second-order valence-corrected chi connectivity index (χ2v) is 3.93. The molecule has 0 bridgehead atoms. The van der Waals surface area contributed by atoms with Crippen LogP contribution in [0.3, 0.4) is 0 Å². The van der Waals surface area contributed by atoms with Crippen LogP contribution in [0.2, 0.25) is 0 Å². The predicted molar refractivity (Wildman–Crippen MR) is 75.5 cm³/mol. The number of aromatic nitrogens is 1. The van der Waals surface area contributed by atoms with E-state index in [1.54, 1.807) is 13.0 Å². The van der Waals surface area contributed by atoms with Gasteiger partial charge in [-0.15, -0.1) is 5.16 Å². The Hall–Kier alpha value is -2.10. The van der Waals surface area contributed by atoms with E-state index in [-0.39, 0.29) is 22.8 Å². The Kier molecular flexibility index (Phi) is 7.22. The molecule has 5 heteroatoms. The Morgan fingerprint density at radius 1 is 1.33 bits per heavy atom. The Labute approximate surface area is 133 Å². The summed E-state index contributed by atoms with van der Waals surface area (Å²) in [5, 5.41) is 3.64. The van der Waals surface area contributed by atoms with Crippen molar-refractivity contribution in [2.45, 2.75) is 6.92 Å². The van der Waals surface area contributed by atoms with E-state index in [0.717, 1.165) is 5.56 Å². The molecule has 0 radical (unpaired) electrons. The normalized spacial score (nSPS) is 9.19. The molecule has 1 heterocycles. The third kappa shape index (κ3) is 5.06. The second-order valence-electron chi connectivity index (χ2n) is 3.93. The Morgan fingerprint density at radius 3 is 2.52 bits per heavy atom. The summed E-state index contributed by atoms with van der Waals surface area (Å²) in [6.07, 6.45) is 0. The third-order valence-electron chi connectivity index (χ3n) is 2.50. The van der Waals surface area contributed by atoms with Crippen LogP contribution in [0.25, 0.3) is 11.3 Å². The van der Waals surface area contributed by atoms with E-state index >= 15 is 0 Å². The van der Waals surface area contributed by atoms with E-state index < -0.39 is 5.97 Å². The molecule has 0 aliphatic heterocycles. The minimum absolute atomic E-state index is 0. The van der Waals surface area contributed by atoms with E-state index in [2.05, 4.69) is 5.16 Å². The van der Waals surface area contributed by atoms with Gasteiger partial charge in [0.05, 0.1) is 6.61 Å². The van der Waals surface area contributed by atoms with Crippen molar-refractivity contribution in [2.75, 3.05) is 6.61 Å². The molecule has 4 nitrogen and oxygen atoms in total. The van der Waals surface area contributed by atoms with Crippen LogP contribution in [0.15, 0.2) is 65.2 Å². The average molecular weight is 325 g/mol. The van der Waals surface area contributed by atoms with Crippen LogP contribution in [-0.2, 0) is 21.8 Å². The molecule has 2 aromatic carbocycles. The fourth-order valence-corrected chi connectivity index (χ4v) is 1.57. The molecule has 0 saturated carbocycles. The SMILES string of the molecule is CCOC(=O)c1cc(-[c-]2[cH-][cH-][cH-][cH-]2)on1.[Fe].c1cc[cH-]c1. The summed E-state index contributed by atoms with van der Waals surface area (Å²) in [7, 11) is 0. The van der Waals surface area contributed by atoms with E-state index in [4.69, 9.17) is 9.26 Å². The first-order valence-electron chi connectivity index (χ1n) is 6.34. The van der Waals surface area contributed by atoms with Gasteiger partial charge in [0.25, 0.3) is 0 Å². The molecule has 0 aliphatic rings. The van der Waals surface area contributed by atoms with Gasteiger partial charge in [0.1, 0.15) is 0 Å². The largest absolute Gasteiger partial charge is 0.646 e. The molecule has 116 valence electrons. The molecule has 0 amide bonds. The maximum atomic E-state index is 11.3. The van der Waals surface area contributed by atoms with Crippen LogP contribution in [0.4, 0.5) is 0 Å². The fraction of sp³-hybridized carbons (Fsp3) is 0.125. The second kappa shape index (κ2) is 8.95. The molecule has 1 aromatic heterocycles. The van der Waals surface area contributed by atoms with E-state index in [9.17, 15) is 4.79 Å². The summed E-state index contributed by atoms with van der Waals surface area (Å²) in [6.45, 7) is 2.08. The molecule has 0 unspecified atom stereocenters. The molecular formula is C16H15FeNO3-6. The minimum Gasteiger partial charge on any atom is -0.646 e. The topological polar surface area (TPSA) is 52.3 Å². The zero-order valence-electron chi connectivity index (χ0n) is 11.5. The molecule has 0 fully saturated rings. The van der Waals surface area contributed by atoms with Gasteiger partial charge >= 0.3 is 5.97 Å². The van der Waals surface area contributed by atoms with Crippen molar-refractivity contribution in [3.63, 3.8) is 0 Å². The predicted octanol–water partition coefficient (Wildman–Crippen LogP) is 3.64. The van der Waals surface area contributed by atoms with Crippen molar-refractivity contribution in [3.8, 4) is 11.3 Å². The molecule has 0 N–H and O–H groups in total. The molecule has 21 heavy (non-hydrogen) atoms. The monoisotopic (exact) mass is 325 g/mol. The number of nitrogens with zero attached hydrogens (tertiary/aromatic N) is 1. The number of hydrogen-bond donors (Lipinski definition) is 0. The Balaban J connectivity index is 0.000000313. The van der Waals surface area contributed by atoms with Crippen molar-refractivity contribution < 1.29 is 31.1 Å². The third-order valence-corrected chi connectivity index (χ3v) is 2.50. The zero-order valence-corrected chi connectivity index (χ0v) is 12.6. The number of carbonyl (C=O) groups is 1.